The van der Waals surface area contributed by atoms with Crippen molar-refractivity contribution in [3.63, 3.8) is 0 Å². The van der Waals surface area contributed by atoms with E-state index in [-0.39, 0.29) is 5.91 Å². The molecule has 0 radical (unpaired) electrons. The van der Waals surface area contributed by atoms with Crippen LogP contribution in [-0.2, 0) is 11.3 Å². The van der Waals surface area contributed by atoms with Crippen LogP contribution in [0.3, 0.4) is 0 Å². The van der Waals surface area contributed by atoms with E-state index in [1.165, 1.54) is 12.8 Å². The molecule has 92 valence electrons. The zero-order chi connectivity index (χ0) is 11.8. The van der Waals surface area contributed by atoms with Crippen LogP contribution in [0.2, 0.25) is 0 Å². The molecule has 1 amide bonds. The number of primary amides is 1. The minimum absolute atomic E-state index is 0.351. The third-order valence-corrected chi connectivity index (χ3v) is 4.52. The van der Waals surface area contributed by atoms with Crippen molar-refractivity contribution in [2.75, 3.05) is 0 Å². The number of carbonyl (C=O) groups is 1. The van der Waals surface area contributed by atoms with Crippen molar-refractivity contribution in [3.8, 4) is 0 Å². The van der Waals surface area contributed by atoms with Crippen LogP contribution in [0.4, 0.5) is 0 Å². The zero-order valence-electron chi connectivity index (χ0n) is 9.52. The minimum Gasteiger partial charge on any atom is -0.373 e. The predicted molar refractivity (Wildman–Crippen MR) is 66.0 cm³/mol. The first-order valence-corrected chi connectivity index (χ1v) is 6.86. The Morgan fingerprint density at radius 3 is 3.06 bits per heavy atom. The summed E-state index contributed by atoms with van der Waals surface area (Å²) in [5.41, 5.74) is 5.83. The van der Waals surface area contributed by atoms with Gasteiger partial charge in [-0.15, -0.1) is 11.3 Å². The van der Waals surface area contributed by atoms with Crippen molar-refractivity contribution >= 4 is 17.2 Å². The van der Waals surface area contributed by atoms with Gasteiger partial charge in [-0.1, -0.05) is 0 Å². The summed E-state index contributed by atoms with van der Waals surface area (Å²) in [6.45, 7) is 0.801. The fourth-order valence-electron chi connectivity index (χ4n) is 2.69. The number of hydrogen-bond acceptors (Lipinski definition) is 4. The molecule has 3 unspecified atom stereocenters. The molecule has 2 aliphatic rings. The molecule has 2 saturated heterocycles. The van der Waals surface area contributed by atoms with Gasteiger partial charge in [-0.2, -0.15) is 0 Å². The van der Waals surface area contributed by atoms with Crippen LogP contribution in [0.15, 0.2) is 11.4 Å². The van der Waals surface area contributed by atoms with Crippen LogP contribution in [0.1, 0.15) is 34.5 Å². The Balaban J connectivity index is 1.55. The van der Waals surface area contributed by atoms with Gasteiger partial charge >= 0.3 is 0 Å². The van der Waals surface area contributed by atoms with Crippen LogP contribution >= 0.6 is 11.3 Å². The minimum atomic E-state index is -0.351. The highest BCUT2D eigenvalue weighted by Gasteiger charge is 2.40. The number of rotatable bonds is 4. The van der Waals surface area contributed by atoms with Gasteiger partial charge in [-0.3, -0.25) is 4.79 Å². The molecule has 2 fully saturated rings. The van der Waals surface area contributed by atoms with Gasteiger partial charge in [-0.05, 0) is 25.3 Å². The van der Waals surface area contributed by atoms with Crippen molar-refractivity contribution in [3.05, 3.63) is 21.9 Å². The summed E-state index contributed by atoms with van der Waals surface area (Å²) in [6.07, 6.45) is 4.39. The number of nitrogens with one attached hydrogen (secondary N) is 1. The molecule has 3 heterocycles. The van der Waals surface area contributed by atoms with E-state index in [1.54, 1.807) is 11.3 Å². The summed E-state index contributed by atoms with van der Waals surface area (Å²) in [4.78, 5) is 12.1. The highest BCUT2D eigenvalue weighted by molar-refractivity contribution is 7.10. The third kappa shape index (κ3) is 2.22. The lowest BCUT2D eigenvalue weighted by Crippen LogP contribution is -2.36. The van der Waals surface area contributed by atoms with E-state index >= 15 is 0 Å². The molecule has 3 N–H and O–H groups in total. The number of nitrogens with two attached hydrogens (primary N) is 1. The maximum atomic E-state index is 11.0. The van der Waals surface area contributed by atoms with Gasteiger partial charge in [0.2, 0.25) is 5.91 Å². The van der Waals surface area contributed by atoms with Crippen molar-refractivity contribution in [1.29, 1.82) is 0 Å². The van der Waals surface area contributed by atoms with E-state index in [1.807, 2.05) is 11.4 Å². The molecule has 0 spiro atoms. The largest absolute Gasteiger partial charge is 0.373 e. The monoisotopic (exact) mass is 252 g/mol. The van der Waals surface area contributed by atoms with Crippen LogP contribution in [-0.4, -0.2) is 24.2 Å². The molecule has 0 aromatic carbocycles. The fraction of sp³-hybridized carbons (Fsp3) is 0.583. The number of amides is 1. The summed E-state index contributed by atoms with van der Waals surface area (Å²) >= 11 is 1.58. The van der Waals surface area contributed by atoms with Crippen molar-refractivity contribution in [2.24, 2.45) is 5.73 Å². The average Bonchev–Trinajstić information content (AvgIpc) is 3.02. The highest BCUT2D eigenvalue weighted by Crippen LogP contribution is 2.34. The Hall–Kier alpha value is -0.910. The Morgan fingerprint density at radius 1 is 1.59 bits per heavy atom. The van der Waals surface area contributed by atoms with E-state index in [0.29, 0.717) is 23.8 Å². The van der Waals surface area contributed by atoms with Crippen molar-refractivity contribution in [2.45, 2.75) is 44.1 Å². The van der Waals surface area contributed by atoms with E-state index in [9.17, 15) is 4.79 Å². The van der Waals surface area contributed by atoms with E-state index in [0.717, 1.165) is 17.8 Å². The lowest BCUT2D eigenvalue weighted by atomic mass is 9.95. The number of ether oxygens (including phenoxy) is 1. The lowest BCUT2D eigenvalue weighted by molar-refractivity contribution is 0.0972. The molecule has 2 aliphatic heterocycles. The molecular weight excluding hydrogens is 236 g/mol. The molecule has 3 rings (SSSR count). The molecule has 2 bridgehead atoms. The van der Waals surface area contributed by atoms with Gasteiger partial charge in [0, 0.05) is 22.8 Å². The van der Waals surface area contributed by atoms with Gasteiger partial charge in [0.15, 0.2) is 0 Å². The van der Waals surface area contributed by atoms with Gasteiger partial charge in [0.25, 0.3) is 0 Å². The zero-order valence-corrected chi connectivity index (χ0v) is 10.3. The standard InChI is InChI=1S/C12H16N2O2S/c13-12(15)7-3-9(17-6-7)5-14-10-4-8-1-2-11(10)16-8/h3,6,8,10-11,14H,1-2,4-5H2,(H2,13,15). The number of carbonyl (C=O) groups excluding carboxylic acids is 1. The molecule has 1 aromatic rings. The van der Waals surface area contributed by atoms with Gasteiger partial charge < -0.3 is 15.8 Å². The first-order valence-electron chi connectivity index (χ1n) is 5.98. The van der Waals surface area contributed by atoms with E-state index < -0.39 is 0 Å². The molecular formula is C12H16N2O2S. The molecule has 0 aliphatic carbocycles. The summed E-state index contributed by atoms with van der Waals surface area (Å²) in [5.74, 6) is -0.351. The average molecular weight is 252 g/mol. The maximum Gasteiger partial charge on any atom is 0.249 e. The summed E-state index contributed by atoms with van der Waals surface area (Å²) in [5, 5.41) is 5.33. The first-order chi connectivity index (χ1) is 8.22. The molecule has 17 heavy (non-hydrogen) atoms. The number of thiophene rings is 1. The van der Waals surface area contributed by atoms with Crippen molar-refractivity contribution in [1.82, 2.24) is 5.32 Å². The van der Waals surface area contributed by atoms with Gasteiger partial charge in [0.05, 0.1) is 17.8 Å². The SMILES string of the molecule is NC(=O)c1csc(CNC2CC3CCC2O3)c1. The van der Waals surface area contributed by atoms with Gasteiger partial charge in [-0.25, -0.2) is 0 Å². The molecule has 0 saturated carbocycles. The second-order valence-corrected chi connectivity index (χ2v) is 5.76. The lowest BCUT2D eigenvalue weighted by Gasteiger charge is -2.19. The van der Waals surface area contributed by atoms with Crippen LogP contribution in [0, 0.1) is 0 Å². The highest BCUT2D eigenvalue weighted by atomic mass is 32.1. The van der Waals surface area contributed by atoms with Crippen LogP contribution in [0.5, 0.6) is 0 Å². The maximum absolute atomic E-state index is 11.0. The van der Waals surface area contributed by atoms with E-state index in [2.05, 4.69) is 5.32 Å². The summed E-state index contributed by atoms with van der Waals surface area (Å²) in [6, 6.07) is 2.35. The van der Waals surface area contributed by atoms with Crippen LogP contribution < -0.4 is 11.1 Å². The normalized spacial score (nSPS) is 30.9. The first kappa shape index (κ1) is 11.2. The fourth-order valence-corrected chi connectivity index (χ4v) is 3.51. The quantitative estimate of drug-likeness (QED) is 0.848. The molecule has 1 aromatic heterocycles. The van der Waals surface area contributed by atoms with Crippen LogP contribution in [0.25, 0.3) is 0 Å². The Morgan fingerprint density at radius 2 is 2.47 bits per heavy atom. The predicted octanol–water partition coefficient (Wildman–Crippen LogP) is 1.26. The third-order valence-electron chi connectivity index (χ3n) is 3.58. The number of fused-ring (bicyclic) bond motifs is 2. The molecule has 3 atom stereocenters. The molecule has 4 nitrogen and oxygen atoms in total. The topological polar surface area (TPSA) is 64.4 Å². The second kappa shape index (κ2) is 4.40. The summed E-state index contributed by atoms with van der Waals surface area (Å²) in [7, 11) is 0. The Labute approximate surface area is 104 Å². The summed E-state index contributed by atoms with van der Waals surface area (Å²) < 4.78 is 5.78. The van der Waals surface area contributed by atoms with Crippen molar-refractivity contribution < 1.29 is 9.53 Å². The smallest absolute Gasteiger partial charge is 0.249 e. The second-order valence-electron chi connectivity index (χ2n) is 4.76. The van der Waals surface area contributed by atoms with Gasteiger partial charge in [0.1, 0.15) is 0 Å². The Bertz CT molecular complexity index is 432. The Kier molecular flexibility index (Phi) is 2.90. The number of hydrogen-bond donors (Lipinski definition) is 2. The van der Waals surface area contributed by atoms with E-state index in [4.69, 9.17) is 10.5 Å². The molecule has 5 heteroatoms.